The Morgan fingerprint density at radius 1 is 1.11 bits per heavy atom. The molecule has 0 saturated heterocycles. The van der Waals surface area contributed by atoms with E-state index in [2.05, 4.69) is 5.32 Å². The van der Waals surface area contributed by atoms with Crippen LogP contribution < -0.4 is 9.62 Å². The third-order valence-corrected chi connectivity index (χ3v) is 5.55. The van der Waals surface area contributed by atoms with Crippen LogP contribution >= 0.6 is 0 Å². The minimum absolute atomic E-state index is 0.108. The highest BCUT2D eigenvalue weighted by molar-refractivity contribution is 7.92. The Labute approximate surface area is 164 Å². The van der Waals surface area contributed by atoms with E-state index in [0.717, 1.165) is 40.7 Å². The largest absolute Gasteiger partial charge is 0.354 e. The number of nitrogens with zero attached hydrogens (tertiary/aromatic N) is 1. The van der Waals surface area contributed by atoms with Gasteiger partial charge in [-0.15, -0.1) is 0 Å². The molecule has 8 heteroatoms. The summed E-state index contributed by atoms with van der Waals surface area (Å²) in [5, 5.41) is 2.70. The number of aryl methyl sites for hydroxylation is 2. The summed E-state index contributed by atoms with van der Waals surface area (Å²) in [6, 6.07) is 9.68. The first-order chi connectivity index (χ1) is 13.1. The molecule has 1 atom stereocenters. The lowest BCUT2D eigenvalue weighted by Gasteiger charge is -2.28. The first kappa shape index (κ1) is 21.8. The standard InChI is InChI=1S/C20H24F2N2O3S/c1-14-6-8-16(9-7-14)5-4-12-23-20(25)15(2)24(28(3,26)27)17-10-11-18(21)19(22)13-17/h6-11,13,15H,4-5,12H2,1-3H3,(H,23,25)/t15-/m0/s1. The molecular weight excluding hydrogens is 386 g/mol. The van der Waals surface area contributed by atoms with Crippen molar-refractivity contribution >= 4 is 21.6 Å². The quantitative estimate of drug-likeness (QED) is 0.680. The monoisotopic (exact) mass is 410 g/mol. The van der Waals surface area contributed by atoms with Crippen molar-refractivity contribution in [3.63, 3.8) is 0 Å². The van der Waals surface area contributed by atoms with E-state index in [-0.39, 0.29) is 5.69 Å². The number of rotatable bonds is 8. The van der Waals surface area contributed by atoms with Crippen molar-refractivity contribution in [2.45, 2.75) is 32.7 Å². The van der Waals surface area contributed by atoms with Gasteiger partial charge in [0, 0.05) is 12.6 Å². The fourth-order valence-corrected chi connectivity index (χ4v) is 4.00. The Morgan fingerprint density at radius 2 is 1.75 bits per heavy atom. The van der Waals surface area contributed by atoms with Crippen LogP contribution in [0.25, 0.3) is 0 Å². The summed E-state index contributed by atoms with van der Waals surface area (Å²) >= 11 is 0. The lowest BCUT2D eigenvalue weighted by molar-refractivity contribution is -0.121. The molecule has 0 aliphatic heterocycles. The maximum Gasteiger partial charge on any atom is 0.243 e. The summed E-state index contributed by atoms with van der Waals surface area (Å²) in [4.78, 5) is 12.4. The number of carbonyl (C=O) groups excluding carboxylic acids is 1. The first-order valence-corrected chi connectivity index (χ1v) is 10.7. The summed E-state index contributed by atoms with van der Waals surface area (Å²) in [5.74, 6) is -2.79. The first-order valence-electron chi connectivity index (χ1n) is 8.87. The van der Waals surface area contributed by atoms with Crippen molar-refractivity contribution in [2.75, 3.05) is 17.1 Å². The number of halogens is 2. The minimum Gasteiger partial charge on any atom is -0.354 e. The van der Waals surface area contributed by atoms with Gasteiger partial charge < -0.3 is 5.32 Å². The van der Waals surface area contributed by atoms with E-state index in [4.69, 9.17) is 0 Å². The molecule has 1 amide bonds. The molecule has 0 heterocycles. The molecule has 0 saturated carbocycles. The number of hydrogen-bond acceptors (Lipinski definition) is 3. The van der Waals surface area contributed by atoms with Gasteiger partial charge in [0.05, 0.1) is 11.9 Å². The Hall–Kier alpha value is -2.48. The maximum atomic E-state index is 13.5. The summed E-state index contributed by atoms with van der Waals surface area (Å²) in [6.07, 6.45) is 2.37. The van der Waals surface area contributed by atoms with Crippen LogP contribution in [0, 0.1) is 18.6 Å². The molecular formula is C20H24F2N2O3S. The lowest BCUT2D eigenvalue weighted by atomic mass is 10.1. The van der Waals surface area contributed by atoms with Gasteiger partial charge in [-0.25, -0.2) is 17.2 Å². The Balaban J connectivity index is 2.01. The van der Waals surface area contributed by atoms with Crippen molar-refractivity contribution in [3.05, 3.63) is 65.2 Å². The molecule has 2 rings (SSSR count). The van der Waals surface area contributed by atoms with E-state index in [1.807, 2.05) is 31.2 Å². The SMILES string of the molecule is Cc1ccc(CCCNC(=O)[C@H](C)N(c2ccc(F)c(F)c2)S(C)(=O)=O)cc1. The summed E-state index contributed by atoms with van der Waals surface area (Å²) in [5.41, 5.74) is 2.21. The van der Waals surface area contributed by atoms with E-state index in [0.29, 0.717) is 13.0 Å². The van der Waals surface area contributed by atoms with Crippen molar-refractivity contribution in [1.29, 1.82) is 0 Å². The molecule has 28 heavy (non-hydrogen) atoms. The number of carbonyl (C=O) groups is 1. The summed E-state index contributed by atoms with van der Waals surface area (Å²) in [7, 11) is -3.89. The number of amides is 1. The second-order valence-electron chi connectivity index (χ2n) is 6.71. The molecule has 0 radical (unpaired) electrons. The fourth-order valence-electron chi connectivity index (χ4n) is 2.84. The van der Waals surface area contributed by atoms with Crippen LogP contribution in [0.4, 0.5) is 14.5 Å². The minimum atomic E-state index is -3.89. The zero-order valence-electron chi connectivity index (χ0n) is 16.1. The summed E-state index contributed by atoms with van der Waals surface area (Å²) in [6.45, 7) is 3.77. The van der Waals surface area contributed by atoms with Crippen LogP contribution in [0.2, 0.25) is 0 Å². The second kappa shape index (κ2) is 9.14. The van der Waals surface area contributed by atoms with Gasteiger partial charge >= 0.3 is 0 Å². The van der Waals surface area contributed by atoms with Crippen molar-refractivity contribution < 1.29 is 22.0 Å². The molecule has 2 aromatic rings. The van der Waals surface area contributed by atoms with E-state index in [1.54, 1.807) is 0 Å². The zero-order valence-corrected chi connectivity index (χ0v) is 16.9. The van der Waals surface area contributed by atoms with Crippen LogP contribution in [0.5, 0.6) is 0 Å². The topological polar surface area (TPSA) is 66.5 Å². The molecule has 0 aliphatic carbocycles. The second-order valence-corrected chi connectivity index (χ2v) is 8.57. The molecule has 0 aromatic heterocycles. The molecule has 0 fully saturated rings. The smallest absolute Gasteiger partial charge is 0.243 e. The highest BCUT2D eigenvalue weighted by Gasteiger charge is 2.29. The normalized spacial score (nSPS) is 12.5. The van der Waals surface area contributed by atoms with Gasteiger partial charge in [-0.3, -0.25) is 9.10 Å². The van der Waals surface area contributed by atoms with Gasteiger partial charge in [0.1, 0.15) is 6.04 Å². The fraction of sp³-hybridized carbons (Fsp3) is 0.350. The van der Waals surface area contributed by atoms with Gasteiger partial charge in [-0.1, -0.05) is 29.8 Å². The Morgan fingerprint density at radius 3 is 2.32 bits per heavy atom. The molecule has 1 N–H and O–H groups in total. The number of hydrogen-bond donors (Lipinski definition) is 1. The van der Waals surface area contributed by atoms with Crippen molar-refractivity contribution in [2.24, 2.45) is 0 Å². The highest BCUT2D eigenvalue weighted by Crippen LogP contribution is 2.23. The van der Waals surface area contributed by atoms with Gasteiger partial charge in [-0.05, 0) is 44.4 Å². The molecule has 0 bridgehead atoms. The highest BCUT2D eigenvalue weighted by atomic mass is 32.2. The Kier molecular flexibility index (Phi) is 7.12. The van der Waals surface area contributed by atoms with Crippen LogP contribution in [0.3, 0.4) is 0 Å². The van der Waals surface area contributed by atoms with Crippen LogP contribution in [0.1, 0.15) is 24.5 Å². The zero-order chi connectivity index (χ0) is 20.9. The van der Waals surface area contributed by atoms with Crippen molar-refractivity contribution in [3.8, 4) is 0 Å². The third-order valence-electron chi connectivity index (χ3n) is 4.31. The number of benzene rings is 2. The van der Waals surface area contributed by atoms with E-state index >= 15 is 0 Å². The van der Waals surface area contributed by atoms with Crippen molar-refractivity contribution in [1.82, 2.24) is 5.32 Å². The predicted octanol–water partition coefficient (Wildman–Crippen LogP) is 3.18. The lowest BCUT2D eigenvalue weighted by Crippen LogP contribution is -2.48. The Bertz CT molecular complexity index is 931. The van der Waals surface area contributed by atoms with Crippen LogP contribution in [-0.2, 0) is 21.2 Å². The molecule has 0 spiro atoms. The number of nitrogens with one attached hydrogen (secondary N) is 1. The average molecular weight is 410 g/mol. The molecule has 152 valence electrons. The van der Waals surface area contributed by atoms with Gasteiger partial charge in [0.25, 0.3) is 0 Å². The molecule has 2 aromatic carbocycles. The van der Waals surface area contributed by atoms with Gasteiger partial charge in [-0.2, -0.15) is 0 Å². The van der Waals surface area contributed by atoms with E-state index < -0.39 is 33.6 Å². The number of sulfonamides is 1. The third kappa shape index (κ3) is 5.76. The van der Waals surface area contributed by atoms with Crippen LogP contribution in [0.15, 0.2) is 42.5 Å². The van der Waals surface area contributed by atoms with E-state index in [1.165, 1.54) is 12.5 Å². The molecule has 0 unspecified atom stereocenters. The molecule has 0 aliphatic rings. The molecule has 5 nitrogen and oxygen atoms in total. The van der Waals surface area contributed by atoms with Gasteiger partial charge in [0.2, 0.25) is 15.9 Å². The van der Waals surface area contributed by atoms with Gasteiger partial charge in [0.15, 0.2) is 11.6 Å². The maximum absolute atomic E-state index is 13.5. The number of anilines is 1. The van der Waals surface area contributed by atoms with Crippen LogP contribution in [-0.4, -0.2) is 33.2 Å². The predicted molar refractivity (Wildman–Crippen MR) is 106 cm³/mol. The van der Waals surface area contributed by atoms with E-state index in [9.17, 15) is 22.0 Å². The summed E-state index contributed by atoms with van der Waals surface area (Å²) < 4.78 is 51.8. The average Bonchev–Trinajstić information content (AvgIpc) is 2.62.